The molecule has 0 amide bonds. The maximum absolute atomic E-state index is 13.8. The van der Waals surface area contributed by atoms with Crippen molar-refractivity contribution in [2.75, 3.05) is 13.2 Å². The van der Waals surface area contributed by atoms with E-state index in [-0.39, 0.29) is 39.1 Å². The van der Waals surface area contributed by atoms with Gasteiger partial charge in [-0.2, -0.15) is 0 Å². The molecule has 0 unspecified atom stereocenters. The first-order valence-corrected chi connectivity index (χ1v) is 25.7. The standard InChI is InChI=1S/C51H78O15/c1-2-3-4-5-6-7-8-9-10-11-12-13-19-26-40(53)62-46-45-38(35-59-51(66-45)31-22-16-23-32-51)61-49(47(46)63-41(54)28-27-39(52)57-33-36-24-17-14-18-25-36)64-48-43(56)42(55)44-37(60-48)34-58-50(65-44)29-20-15-21-30-50/h14,17-18,24-25,37-38,42-49,55-56H,2-13,15-16,19-23,26-35H2,1H3/t37-,38-,42-,43-,44-,45-,46+,47-,48-,49-/m1/s1. The molecule has 2 spiro atoms. The summed E-state index contributed by atoms with van der Waals surface area (Å²) in [5.41, 5.74) is 0.807. The second kappa shape index (κ2) is 25.8. The highest BCUT2D eigenvalue weighted by Gasteiger charge is 2.59. The topological polar surface area (TPSA) is 184 Å². The average Bonchev–Trinajstić information content (AvgIpc) is 3.33. The Labute approximate surface area is 391 Å². The minimum absolute atomic E-state index is 0.0527. The highest BCUT2D eigenvalue weighted by Crippen LogP contribution is 2.44. The number of rotatable bonds is 23. The number of aliphatic hydroxyl groups excluding tert-OH is 2. The molecule has 2 saturated carbocycles. The summed E-state index contributed by atoms with van der Waals surface area (Å²) in [6, 6.07) is 9.22. The lowest BCUT2D eigenvalue weighted by molar-refractivity contribution is -0.432. The van der Waals surface area contributed by atoms with Crippen LogP contribution in [0.2, 0.25) is 0 Å². The third kappa shape index (κ3) is 14.4. The zero-order valence-corrected chi connectivity index (χ0v) is 39.4. The Morgan fingerprint density at radius 2 is 1.08 bits per heavy atom. The van der Waals surface area contributed by atoms with Gasteiger partial charge in [-0.3, -0.25) is 14.4 Å². The fraction of sp³-hybridized carbons (Fsp3) is 0.824. The van der Waals surface area contributed by atoms with Gasteiger partial charge in [-0.1, -0.05) is 127 Å². The fourth-order valence-electron chi connectivity index (χ4n) is 10.4. The van der Waals surface area contributed by atoms with E-state index in [2.05, 4.69) is 6.92 Å². The van der Waals surface area contributed by atoms with Crippen LogP contribution in [0, 0.1) is 0 Å². The van der Waals surface area contributed by atoms with Crippen molar-refractivity contribution in [3.05, 3.63) is 35.9 Å². The summed E-state index contributed by atoms with van der Waals surface area (Å²) in [7, 11) is 0. The van der Waals surface area contributed by atoms with E-state index >= 15 is 0 Å². The van der Waals surface area contributed by atoms with Crippen LogP contribution in [0.25, 0.3) is 0 Å². The van der Waals surface area contributed by atoms with Gasteiger partial charge in [-0.25, -0.2) is 0 Å². The highest BCUT2D eigenvalue weighted by molar-refractivity contribution is 5.77. The molecule has 0 bridgehead atoms. The number of hydrogen-bond acceptors (Lipinski definition) is 15. The summed E-state index contributed by atoms with van der Waals surface area (Å²) in [6.07, 6.45) is 11.1. The van der Waals surface area contributed by atoms with Crippen LogP contribution in [-0.2, 0) is 68.4 Å². The van der Waals surface area contributed by atoms with Crippen LogP contribution in [0.4, 0.5) is 0 Å². The Kier molecular flexibility index (Phi) is 20.0. The predicted octanol–water partition coefficient (Wildman–Crippen LogP) is 8.15. The molecule has 4 heterocycles. The molecule has 1 aromatic carbocycles. The Balaban J connectivity index is 1.02. The van der Waals surface area contributed by atoms with Crippen LogP contribution in [0.15, 0.2) is 30.3 Å². The summed E-state index contributed by atoms with van der Waals surface area (Å²) < 4.78 is 62.6. The largest absolute Gasteiger partial charge is 0.461 e. The second-order valence-corrected chi connectivity index (χ2v) is 19.5. The van der Waals surface area contributed by atoms with Gasteiger partial charge < -0.3 is 57.6 Å². The van der Waals surface area contributed by atoms with Crippen molar-refractivity contribution in [3.63, 3.8) is 0 Å². The molecular formula is C51H78O15. The van der Waals surface area contributed by atoms with E-state index < -0.39 is 90.9 Å². The molecule has 1 aromatic rings. The van der Waals surface area contributed by atoms with E-state index in [1.165, 1.54) is 57.8 Å². The van der Waals surface area contributed by atoms with E-state index in [1.54, 1.807) is 0 Å². The maximum Gasteiger partial charge on any atom is 0.306 e. The minimum Gasteiger partial charge on any atom is -0.461 e. The molecule has 15 heteroatoms. The van der Waals surface area contributed by atoms with Crippen LogP contribution >= 0.6 is 0 Å². The molecule has 6 aliphatic rings. The molecule has 4 saturated heterocycles. The smallest absolute Gasteiger partial charge is 0.306 e. The highest BCUT2D eigenvalue weighted by atomic mass is 16.8. The van der Waals surface area contributed by atoms with Crippen LogP contribution in [0.3, 0.4) is 0 Å². The summed E-state index contributed by atoms with van der Waals surface area (Å²) in [5, 5.41) is 23.0. The summed E-state index contributed by atoms with van der Waals surface area (Å²) in [4.78, 5) is 40.4. The van der Waals surface area contributed by atoms with E-state index in [0.717, 1.165) is 63.4 Å². The summed E-state index contributed by atoms with van der Waals surface area (Å²) in [5.74, 6) is -3.63. The van der Waals surface area contributed by atoms with Crippen LogP contribution in [-0.4, -0.2) is 114 Å². The lowest BCUT2D eigenvalue weighted by atomic mass is 9.90. The van der Waals surface area contributed by atoms with Gasteiger partial charge in [0.2, 0.25) is 6.29 Å². The molecule has 2 aliphatic carbocycles. The average molecular weight is 931 g/mol. The number of carbonyl (C=O) groups excluding carboxylic acids is 3. The van der Waals surface area contributed by atoms with E-state index in [1.807, 2.05) is 30.3 Å². The molecule has 6 fully saturated rings. The van der Waals surface area contributed by atoms with Crippen molar-refractivity contribution in [2.24, 2.45) is 0 Å². The van der Waals surface area contributed by atoms with Crippen LogP contribution < -0.4 is 0 Å². The predicted molar refractivity (Wildman–Crippen MR) is 239 cm³/mol. The first kappa shape index (κ1) is 51.1. The third-order valence-electron chi connectivity index (χ3n) is 14.2. The maximum atomic E-state index is 13.8. The lowest BCUT2D eigenvalue weighted by Gasteiger charge is -2.54. The van der Waals surface area contributed by atoms with Crippen LogP contribution in [0.5, 0.6) is 0 Å². The normalized spacial score (nSPS) is 31.4. The van der Waals surface area contributed by atoms with Crippen LogP contribution in [0.1, 0.15) is 179 Å². The molecule has 0 aromatic heterocycles. The third-order valence-corrected chi connectivity index (χ3v) is 14.2. The number of fused-ring (bicyclic) bond motifs is 2. The van der Waals surface area contributed by atoms with Crippen molar-refractivity contribution in [1.82, 2.24) is 0 Å². The van der Waals surface area contributed by atoms with Gasteiger partial charge in [-0.05, 0) is 37.7 Å². The van der Waals surface area contributed by atoms with Gasteiger partial charge in [-0.15, -0.1) is 0 Å². The van der Waals surface area contributed by atoms with Gasteiger partial charge in [0.15, 0.2) is 30.1 Å². The molecule has 4 aliphatic heterocycles. The molecular weight excluding hydrogens is 853 g/mol. The second-order valence-electron chi connectivity index (χ2n) is 19.5. The zero-order valence-electron chi connectivity index (χ0n) is 39.4. The Morgan fingerprint density at radius 3 is 1.68 bits per heavy atom. The summed E-state index contributed by atoms with van der Waals surface area (Å²) >= 11 is 0. The Hall–Kier alpha value is -2.73. The summed E-state index contributed by atoms with van der Waals surface area (Å²) in [6.45, 7) is 2.48. The van der Waals surface area contributed by atoms with Gasteiger partial charge in [0.25, 0.3) is 0 Å². The van der Waals surface area contributed by atoms with Crippen molar-refractivity contribution in [3.8, 4) is 0 Å². The lowest BCUT2D eigenvalue weighted by Crippen LogP contribution is -2.69. The molecule has 15 nitrogen and oxygen atoms in total. The van der Waals surface area contributed by atoms with Gasteiger partial charge in [0.05, 0.1) is 26.1 Å². The van der Waals surface area contributed by atoms with Crippen molar-refractivity contribution in [1.29, 1.82) is 0 Å². The fourth-order valence-corrected chi connectivity index (χ4v) is 10.4. The molecule has 0 radical (unpaired) electrons. The van der Waals surface area contributed by atoms with E-state index in [0.29, 0.717) is 32.1 Å². The number of aliphatic hydroxyl groups is 2. The molecule has 7 rings (SSSR count). The number of ether oxygens (including phenoxy) is 10. The molecule has 66 heavy (non-hydrogen) atoms. The number of esters is 3. The van der Waals surface area contributed by atoms with Crippen molar-refractivity contribution >= 4 is 17.9 Å². The monoisotopic (exact) mass is 931 g/mol. The van der Waals surface area contributed by atoms with Crippen molar-refractivity contribution < 1.29 is 72.0 Å². The molecule has 372 valence electrons. The molecule has 10 atom stereocenters. The quantitative estimate of drug-likeness (QED) is 0.0608. The number of carbonyl (C=O) groups is 3. The number of benzene rings is 1. The van der Waals surface area contributed by atoms with E-state index in [4.69, 9.17) is 47.4 Å². The van der Waals surface area contributed by atoms with Gasteiger partial charge in [0, 0.05) is 32.1 Å². The Bertz CT molecular complexity index is 1610. The number of unbranched alkanes of at least 4 members (excludes halogenated alkanes) is 12. The Morgan fingerprint density at radius 1 is 0.576 bits per heavy atom. The first-order valence-electron chi connectivity index (χ1n) is 25.7. The first-order chi connectivity index (χ1) is 32.2. The van der Waals surface area contributed by atoms with Gasteiger partial charge >= 0.3 is 17.9 Å². The number of hydrogen-bond donors (Lipinski definition) is 2. The zero-order chi connectivity index (χ0) is 46.2. The van der Waals surface area contributed by atoms with E-state index in [9.17, 15) is 24.6 Å². The van der Waals surface area contributed by atoms with Crippen molar-refractivity contribution in [2.45, 2.75) is 253 Å². The molecule has 2 N–H and O–H groups in total. The van der Waals surface area contributed by atoms with Gasteiger partial charge in [0.1, 0.15) is 43.2 Å². The SMILES string of the molecule is CCCCCCCCCCCCCCCC(=O)O[C@@H]1[C@@H](OC(=O)CCC(=O)OCc2ccccc2)[C@@H](O[C@H]2O[C@@H]3COC4(CCCCC4)O[C@H]3[C@H](O)[C@H]2O)O[C@@H]2COC3(CCCCC3)O[C@@H]12. The minimum atomic E-state index is -1.59.